The molecular weight excluding hydrogens is 232 g/mol. The molecule has 5 nitrogen and oxygen atoms in total. The lowest BCUT2D eigenvalue weighted by Crippen LogP contribution is -2.23. The number of hydrogen-bond acceptors (Lipinski definition) is 3. The standard InChI is InChI=1S/C13H16N2O3/c1-7(2)12(14)10-5-11(16)9(13(17)18)6-15(10)8(3)4/h5-6,8,14H,1H2,2-4H3,(H,17,18). The van der Waals surface area contributed by atoms with Gasteiger partial charge in [-0.1, -0.05) is 6.58 Å². The lowest BCUT2D eigenvalue weighted by molar-refractivity contribution is 0.0694. The summed E-state index contributed by atoms with van der Waals surface area (Å²) in [6.07, 6.45) is 1.28. The quantitative estimate of drug-likeness (QED) is 0.800. The number of hydrogen-bond donors (Lipinski definition) is 2. The van der Waals surface area contributed by atoms with E-state index in [2.05, 4.69) is 6.58 Å². The van der Waals surface area contributed by atoms with Gasteiger partial charge in [0.1, 0.15) is 5.56 Å². The van der Waals surface area contributed by atoms with Gasteiger partial charge in [0.15, 0.2) is 5.43 Å². The van der Waals surface area contributed by atoms with Crippen LogP contribution in [0.3, 0.4) is 0 Å². The Bertz CT molecular complexity index is 582. The highest BCUT2D eigenvalue weighted by molar-refractivity contribution is 6.08. The summed E-state index contributed by atoms with van der Waals surface area (Å²) >= 11 is 0. The van der Waals surface area contributed by atoms with Crippen LogP contribution in [-0.4, -0.2) is 21.4 Å². The zero-order chi connectivity index (χ0) is 14.0. The van der Waals surface area contributed by atoms with Crippen LogP contribution in [0.1, 0.15) is 42.9 Å². The highest BCUT2D eigenvalue weighted by Crippen LogP contribution is 2.13. The predicted octanol–water partition coefficient (Wildman–Crippen LogP) is 2.07. The van der Waals surface area contributed by atoms with Crippen LogP contribution in [0.5, 0.6) is 0 Å². The first kappa shape index (κ1) is 13.9. The van der Waals surface area contributed by atoms with Crippen molar-refractivity contribution in [2.75, 3.05) is 0 Å². The number of pyridine rings is 1. The first-order valence-electron chi connectivity index (χ1n) is 5.50. The fourth-order valence-corrected chi connectivity index (χ4v) is 1.56. The fraction of sp³-hybridized carbons (Fsp3) is 0.308. The molecule has 0 saturated heterocycles. The highest BCUT2D eigenvalue weighted by Gasteiger charge is 2.16. The molecule has 18 heavy (non-hydrogen) atoms. The Morgan fingerprint density at radius 1 is 1.50 bits per heavy atom. The molecule has 1 aromatic rings. The summed E-state index contributed by atoms with van der Waals surface area (Å²) in [6, 6.07) is 1.12. The molecule has 0 spiro atoms. The first-order chi connectivity index (χ1) is 8.25. The van der Waals surface area contributed by atoms with Crippen LogP contribution in [0.15, 0.2) is 29.2 Å². The van der Waals surface area contributed by atoms with Crippen LogP contribution in [0, 0.1) is 5.41 Å². The van der Waals surface area contributed by atoms with Crippen molar-refractivity contribution < 1.29 is 9.90 Å². The molecule has 0 fully saturated rings. The van der Waals surface area contributed by atoms with Gasteiger partial charge >= 0.3 is 5.97 Å². The van der Waals surface area contributed by atoms with E-state index in [0.29, 0.717) is 11.3 Å². The van der Waals surface area contributed by atoms with Gasteiger partial charge in [-0.25, -0.2) is 4.79 Å². The fourth-order valence-electron chi connectivity index (χ4n) is 1.56. The van der Waals surface area contributed by atoms with Crippen molar-refractivity contribution in [3.63, 3.8) is 0 Å². The van der Waals surface area contributed by atoms with E-state index in [1.807, 2.05) is 13.8 Å². The summed E-state index contributed by atoms with van der Waals surface area (Å²) in [4.78, 5) is 22.6. The topological polar surface area (TPSA) is 83.2 Å². The van der Waals surface area contributed by atoms with Crippen molar-refractivity contribution >= 4 is 11.7 Å². The minimum atomic E-state index is -1.26. The first-order valence-corrected chi connectivity index (χ1v) is 5.50. The third-order valence-electron chi connectivity index (χ3n) is 2.55. The van der Waals surface area contributed by atoms with Crippen molar-refractivity contribution in [3.05, 3.63) is 45.9 Å². The number of allylic oxidation sites excluding steroid dienone is 1. The molecule has 1 rings (SSSR count). The van der Waals surface area contributed by atoms with Gasteiger partial charge in [-0.2, -0.15) is 0 Å². The molecule has 5 heteroatoms. The highest BCUT2D eigenvalue weighted by atomic mass is 16.4. The van der Waals surface area contributed by atoms with Crippen molar-refractivity contribution in [1.82, 2.24) is 4.57 Å². The van der Waals surface area contributed by atoms with Gasteiger partial charge in [-0.3, -0.25) is 10.2 Å². The van der Waals surface area contributed by atoms with Crippen LogP contribution in [0.25, 0.3) is 0 Å². The maximum atomic E-state index is 11.7. The summed E-state index contributed by atoms with van der Waals surface area (Å²) in [5.74, 6) is -1.26. The molecule has 0 saturated carbocycles. The van der Waals surface area contributed by atoms with E-state index < -0.39 is 11.4 Å². The summed E-state index contributed by atoms with van der Waals surface area (Å²) in [5, 5.41) is 16.8. The third kappa shape index (κ3) is 2.56. The van der Waals surface area contributed by atoms with E-state index in [4.69, 9.17) is 10.5 Å². The minimum Gasteiger partial charge on any atom is -0.477 e. The van der Waals surface area contributed by atoms with Crippen molar-refractivity contribution in [2.24, 2.45) is 0 Å². The molecule has 0 aromatic carbocycles. The second-order valence-corrected chi connectivity index (χ2v) is 4.40. The number of aromatic carboxylic acids is 1. The molecular formula is C13H16N2O3. The van der Waals surface area contributed by atoms with Gasteiger partial charge < -0.3 is 9.67 Å². The van der Waals surface area contributed by atoms with Gasteiger partial charge in [0, 0.05) is 18.3 Å². The molecule has 0 aliphatic carbocycles. The Labute approximate surface area is 105 Å². The molecule has 0 amide bonds. The average Bonchev–Trinajstić information content (AvgIpc) is 2.26. The van der Waals surface area contributed by atoms with Crippen LogP contribution in [0.4, 0.5) is 0 Å². The minimum absolute atomic E-state index is 0.0570. The number of carboxylic acids is 1. The monoisotopic (exact) mass is 248 g/mol. The Balaban J connectivity index is 3.58. The van der Waals surface area contributed by atoms with Gasteiger partial charge in [-0.05, 0) is 26.3 Å². The molecule has 0 bridgehead atoms. The Kier molecular flexibility index (Phi) is 3.86. The average molecular weight is 248 g/mol. The molecule has 0 radical (unpaired) electrons. The smallest absolute Gasteiger partial charge is 0.341 e. The molecule has 2 N–H and O–H groups in total. The van der Waals surface area contributed by atoms with Crippen molar-refractivity contribution in [3.8, 4) is 0 Å². The molecule has 1 heterocycles. The Morgan fingerprint density at radius 2 is 2.06 bits per heavy atom. The molecule has 0 atom stereocenters. The predicted molar refractivity (Wildman–Crippen MR) is 69.7 cm³/mol. The van der Waals surface area contributed by atoms with E-state index in [0.717, 1.165) is 0 Å². The van der Waals surface area contributed by atoms with E-state index >= 15 is 0 Å². The van der Waals surface area contributed by atoms with Gasteiger partial charge in [-0.15, -0.1) is 0 Å². The summed E-state index contributed by atoms with van der Waals surface area (Å²) in [7, 11) is 0. The summed E-state index contributed by atoms with van der Waals surface area (Å²) in [5.41, 5.74) is 0.152. The number of carboxylic acid groups (broad SMARTS) is 1. The summed E-state index contributed by atoms with van der Waals surface area (Å²) < 4.78 is 1.60. The number of rotatable bonds is 4. The number of aromatic nitrogens is 1. The maximum Gasteiger partial charge on any atom is 0.341 e. The van der Waals surface area contributed by atoms with E-state index in [9.17, 15) is 9.59 Å². The van der Waals surface area contributed by atoms with Crippen LogP contribution >= 0.6 is 0 Å². The van der Waals surface area contributed by atoms with Gasteiger partial charge in [0.25, 0.3) is 0 Å². The van der Waals surface area contributed by atoms with E-state index in [1.165, 1.54) is 12.3 Å². The largest absolute Gasteiger partial charge is 0.477 e. The molecule has 96 valence electrons. The van der Waals surface area contributed by atoms with E-state index in [1.54, 1.807) is 11.5 Å². The normalized spacial score (nSPS) is 10.4. The van der Waals surface area contributed by atoms with Crippen molar-refractivity contribution in [2.45, 2.75) is 26.8 Å². The second-order valence-electron chi connectivity index (χ2n) is 4.40. The molecule has 0 aliphatic rings. The van der Waals surface area contributed by atoms with Crippen molar-refractivity contribution in [1.29, 1.82) is 5.41 Å². The zero-order valence-corrected chi connectivity index (χ0v) is 10.7. The molecule has 0 unspecified atom stereocenters. The lowest BCUT2D eigenvalue weighted by Gasteiger charge is -2.18. The summed E-state index contributed by atoms with van der Waals surface area (Å²) in [6.45, 7) is 9.04. The van der Waals surface area contributed by atoms with Crippen LogP contribution in [-0.2, 0) is 0 Å². The molecule has 0 aliphatic heterocycles. The Hall–Kier alpha value is -2.17. The van der Waals surface area contributed by atoms with E-state index in [-0.39, 0.29) is 17.3 Å². The van der Waals surface area contributed by atoms with Crippen LogP contribution in [0.2, 0.25) is 0 Å². The SMILES string of the molecule is C=C(C)C(=N)c1cc(=O)c(C(=O)O)cn1C(C)C. The number of carbonyl (C=O) groups is 1. The third-order valence-corrected chi connectivity index (χ3v) is 2.55. The number of nitrogens with zero attached hydrogens (tertiary/aromatic N) is 1. The maximum absolute atomic E-state index is 11.7. The lowest BCUT2D eigenvalue weighted by atomic mass is 10.1. The van der Waals surface area contributed by atoms with Gasteiger partial charge in [0.2, 0.25) is 0 Å². The van der Waals surface area contributed by atoms with Crippen LogP contribution < -0.4 is 5.43 Å². The zero-order valence-electron chi connectivity index (χ0n) is 10.7. The van der Waals surface area contributed by atoms with Gasteiger partial charge in [0.05, 0.1) is 11.4 Å². The Morgan fingerprint density at radius 3 is 2.44 bits per heavy atom. The number of nitrogens with one attached hydrogen (secondary N) is 1. The molecule has 1 aromatic heterocycles. The second kappa shape index (κ2) is 5.00.